The summed E-state index contributed by atoms with van der Waals surface area (Å²) < 4.78 is 0. The molecule has 0 atom stereocenters. The Balaban J connectivity index is 1.96. The van der Waals surface area contributed by atoms with Crippen molar-refractivity contribution in [1.29, 1.82) is 0 Å². The largest absolute Gasteiger partial charge is 0.306 e. The Morgan fingerprint density at radius 3 is 2.71 bits per heavy atom. The Hall–Kier alpha value is -2.31. The number of nitrogens with zero attached hydrogens (tertiary/aromatic N) is 2. The second kappa shape index (κ2) is 4.91. The third-order valence-electron chi connectivity index (χ3n) is 3.18. The minimum absolute atomic E-state index is 0.100. The summed E-state index contributed by atoms with van der Waals surface area (Å²) in [5.74, 6) is 0.578. The predicted molar refractivity (Wildman–Crippen MR) is 86.8 cm³/mol. The smallest absolute Gasteiger partial charge is 0.260 e. The summed E-state index contributed by atoms with van der Waals surface area (Å²) in [5, 5.41) is 4.67. The zero-order chi connectivity index (χ0) is 14.2. The van der Waals surface area contributed by atoms with E-state index in [1.54, 1.807) is 23.7 Å². The molecule has 0 aliphatic heterocycles. The molecule has 0 saturated heterocycles. The summed E-state index contributed by atoms with van der Waals surface area (Å²) in [4.78, 5) is 25.7. The van der Waals surface area contributed by atoms with Gasteiger partial charge in [-0.2, -0.15) is 0 Å². The molecular weight excluding hydrogens is 302 g/mol. The van der Waals surface area contributed by atoms with Crippen molar-refractivity contribution in [3.05, 3.63) is 57.8 Å². The van der Waals surface area contributed by atoms with Crippen molar-refractivity contribution in [1.82, 2.24) is 15.0 Å². The molecule has 4 nitrogen and oxygen atoms in total. The van der Waals surface area contributed by atoms with Crippen LogP contribution in [0.5, 0.6) is 0 Å². The first-order chi connectivity index (χ1) is 10.3. The van der Waals surface area contributed by atoms with Crippen molar-refractivity contribution < 1.29 is 0 Å². The molecule has 4 heterocycles. The molecule has 0 spiro atoms. The molecule has 4 aromatic rings. The molecule has 0 unspecified atom stereocenters. The van der Waals surface area contributed by atoms with Gasteiger partial charge in [0.25, 0.3) is 5.56 Å². The molecule has 0 amide bonds. The Labute approximate surface area is 127 Å². The van der Waals surface area contributed by atoms with Gasteiger partial charge in [-0.1, -0.05) is 6.07 Å². The highest BCUT2D eigenvalue weighted by Crippen LogP contribution is 2.33. The molecule has 102 valence electrons. The lowest BCUT2D eigenvalue weighted by Gasteiger charge is -2.01. The summed E-state index contributed by atoms with van der Waals surface area (Å²) in [6.07, 6.45) is 3.37. The maximum atomic E-state index is 12.5. The van der Waals surface area contributed by atoms with Crippen LogP contribution in [-0.2, 0) is 0 Å². The Morgan fingerprint density at radius 1 is 1.10 bits per heavy atom. The number of nitrogens with one attached hydrogen (secondary N) is 1. The van der Waals surface area contributed by atoms with E-state index in [0.717, 1.165) is 20.8 Å². The van der Waals surface area contributed by atoms with E-state index in [-0.39, 0.29) is 5.56 Å². The van der Waals surface area contributed by atoms with Crippen molar-refractivity contribution in [2.24, 2.45) is 0 Å². The van der Waals surface area contributed by atoms with Gasteiger partial charge in [0, 0.05) is 33.8 Å². The van der Waals surface area contributed by atoms with Gasteiger partial charge in [-0.05, 0) is 23.6 Å². The second-order valence-corrected chi connectivity index (χ2v) is 6.26. The standard InChI is InChI=1S/C15H9N3OS2/c19-14-12-10(11-2-1-7-20-11)8-21-15(12)18-13(17-14)9-3-5-16-6-4-9/h1-8H,(H,17,18,19). The van der Waals surface area contributed by atoms with E-state index >= 15 is 0 Å². The SMILES string of the molecule is O=c1[nH]c(-c2ccncc2)nc2scc(-c3cccs3)c12. The number of rotatable bonds is 2. The maximum Gasteiger partial charge on any atom is 0.260 e. The van der Waals surface area contributed by atoms with Crippen molar-refractivity contribution >= 4 is 32.9 Å². The highest BCUT2D eigenvalue weighted by Gasteiger charge is 2.14. The first-order valence-corrected chi connectivity index (χ1v) is 8.04. The van der Waals surface area contributed by atoms with Crippen LogP contribution in [-0.4, -0.2) is 15.0 Å². The average molecular weight is 311 g/mol. The first kappa shape index (κ1) is 12.4. The number of aromatic nitrogens is 3. The number of pyridine rings is 1. The van der Waals surface area contributed by atoms with Crippen LogP contribution in [0.25, 0.3) is 32.0 Å². The minimum Gasteiger partial charge on any atom is -0.306 e. The molecule has 6 heteroatoms. The quantitative estimate of drug-likeness (QED) is 0.613. The van der Waals surface area contributed by atoms with Crippen LogP contribution in [0.2, 0.25) is 0 Å². The van der Waals surface area contributed by atoms with Gasteiger partial charge in [0.1, 0.15) is 10.7 Å². The third kappa shape index (κ3) is 2.09. The summed E-state index contributed by atoms with van der Waals surface area (Å²) in [5.41, 5.74) is 1.71. The molecule has 0 aliphatic rings. The summed E-state index contributed by atoms with van der Waals surface area (Å²) in [7, 11) is 0. The Kier molecular flexibility index (Phi) is 2.90. The fourth-order valence-corrected chi connectivity index (χ4v) is 3.97. The summed E-state index contributed by atoms with van der Waals surface area (Å²) >= 11 is 3.12. The first-order valence-electron chi connectivity index (χ1n) is 6.29. The van der Waals surface area contributed by atoms with E-state index in [1.807, 2.05) is 35.0 Å². The Bertz CT molecular complexity index is 956. The zero-order valence-electron chi connectivity index (χ0n) is 10.7. The molecule has 0 aliphatic carbocycles. The number of H-pyrrole nitrogens is 1. The van der Waals surface area contributed by atoms with Crippen molar-refractivity contribution in [3.8, 4) is 21.8 Å². The number of hydrogen-bond acceptors (Lipinski definition) is 5. The normalized spacial score (nSPS) is 11.0. The van der Waals surface area contributed by atoms with E-state index in [9.17, 15) is 4.79 Å². The van der Waals surface area contributed by atoms with E-state index < -0.39 is 0 Å². The van der Waals surface area contributed by atoms with Crippen LogP contribution in [0.3, 0.4) is 0 Å². The predicted octanol–water partition coefficient (Wildman–Crippen LogP) is 3.78. The second-order valence-electron chi connectivity index (χ2n) is 4.46. The van der Waals surface area contributed by atoms with Gasteiger partial charge in [-0.15, -0.1) is 22.7 Å². The lowest BCUT2D eigenvalue weighted by Crippen LogP contribution is -2.08. The lowest BCUT2D eigenvalue weighted by molar-refractivity contribution is 1.18. The van der Waals surface area contributed by atoms with Crippen LogP contribution in [0.4, 0.5) is 0 Å². The van der Waals surface area contributed by atoms with Crippen LogP contribution in [0.15, 0.2) is 52.2 Å². The highest BCUT2D eigenvalue weighted by molar-refractivity contribution is 7.18. The van der Waals surface area contributed by atoms with Crippen molar-refractivity contribution in [2.45, 2.75) is 0 Å². The number of thiophene rings is 2. The van der Waals surface area contributed by atoms with E-state index in [1.165, 1.54) is 11.3 Å². The zero-order valence-corrected chi connectivity index (χ0v) is 12.4. The van der Waals surface area contributed by atoms with E-state index in [0.29, 0.717) is 11.2 Å². The van der Waals surface area contributed by atoms with Crippen molar-refractivity contribution in [3.63, 3.8) is 0 Å². The van der Waals surface area contributed by atoms with Crippen molar-refractivity contribution in [2.75, 3.05) is 0 Å². The lowest BCUT2D eigenvalue weighted by atomic mass is 10.2. The monoisotopic (exact) mass is 311 g/mol. The number of hydrogen-bond donors (Lipinski definition) is 1. The van der Waals surface area contributed by atoms with Gasteiger partial charge < -0.3 is 4.98 Å². The maximum absolute atomic E-state index is 12.5. The van der Waals surface area contributed by atoms with Gasteiger partial charge in [0.05, 0.1) is 5.39 Å². The van der Waals surface area contributed by atoms with Crippen LogP contribution < -0.4 is 5.56 Å². The minimum atomic E-state index is -0.100. The summed E-state index contributed by atoms with van der Waals surface area (Å²) in [6, 6.07) is 7.66. The third-order valence-corrected chi connectivity index (χ3v) is 4.96. The molecule has 0 aromatic carbocycles. The van der Waals surface area contributed by atoms with Gasteiger partial charge in [0.2, 0.25) is 0 Å². The molecule has 4 rings (SSSR count). The molecule has 21 heavy (non-hydrogen) atoms. The van der Waals surface area contributed by atoms with Crippen LogP contribution >= 0.6 is 22.7 Å². The van der Waals surface area contributed by atoms with Crippen LogP contribution in [0, 0.1) is 0 Å². The van der Waals surface area contributed by atoms with Gasteiger partial charge in [-0.3, -0.25) is 9.78 Å². The Morgan fingerprint density at radius 2 is 1.95 bits per heavy atom. The van der Waals surface area contributed by atoms with Crippen LogP contribution in [0.1, 0.15) is 0 Å². The molecule has 0 radical (unpaired) electrons. The van der Waals surface area contributed by atoms with Gasteiger partial charge >= 0.3 is 0 Å². The van der Waals surface area contributed by atoms with E-state index in [2.05, 4.69) is 15.0 Å². The van der Waals surface area contributed by atoms with Gasteiger partial charge in [0.15, 0.2) is 0 Å². The molecule has 1 N–H and O–H groups in total. The fraction of sp³-hybridized carbons (Fsp3) is 0. The average Bonchev–Trinajstić information content (AvgIpc) is 3.17. The molecule has 4 aromatic heterocycles. The summed E-state index contributed by atoms with van der Waals surface area (Å²) in [6.45, 7) is 0. The number of fused-ring (bicyclic) bond motifs is 1. The van der Waals surface area contributed by atoms with E-state index in [4.69, 9.17) is 0 Å². The molecular formula is C15H9N3OS2. The molecule has 0 fully saturated rings. The van der Waals surface area contributed by atoms with Gasteiger partial charge in [-0.25, -0.2) is 4.98 Å². The highest BCUT2D eigenvalue weighted by atomic mass is 32.1. The molecule has 0 bridgehead atoms. The molecule has 0 saturated carbocycles. The topological polar surface area (TPSA) is 58.6 Å². The fourth-order valence-electron chi connectivity index (χ4n) is 2.21. The number of aromatic amines is 1.